The summed E-state index contributed by atoms with van der Waals surface area (Å²) in [4.78, 5) is 16.8. The molecule has 114 valence electrons. The Morgan fingerprint density at radius 2 is 1.86 bits per heavy atom. The summed E-state index contributed by atoms with van der Waals surface area (Å²) in [5, 5.41) is 0. The molecule has 0 radical (unpaired) electrons. The Kier molecular flexibility index (Phi) is 4.04. The number of carbonyl (C=O) groups excluding carboxylic acids is 1. The standard InChI is InChI=1S/C17H25N3O/c1-13-10-14-6-9-20(16(14)11-15(13)18)12-17(21)19-7-4-2-3-5-8-19/h10-11H,2-9,12,18H2,1H3. The highest BCUT2D eigenvalue weighted by Crippen LogP contribution is 2.31. The normalized spacial score (nSPS) is 18.5. The van der Waals surface area contributed by atoms with Crippen molar-refractivity contribution >= 4 is 17.3 Å². The van der Waals surface area contributed by atoms with Gasteiger partial charge in [-0.15, -0.1) is 0 Å². The van der Waals surface area contributed by atoms with Gasteiger partial charge in [0.2, 0.25) is 5.91 Å². The number of likely N-dealkylation sites (tertiary alicyclic amines) is 1. The van der Waals surface area contributed by atoms with E-state index >= 15 is 0 Å². The van der Waals surface area contributed by atoms with E-state index in [1.807, 2.05) is 17.9 Å². The van der Waals surface area contributed by atoms with Crippen LogP contribution in [0.2, 0.25) is 0 Å². The van der Waals surface area contributed by atoms with Crippen molar-refractivity contribution in [2.75, 3.05) is 36.8 Å². The minimum atomic E-state index is 0.267. The van der Waals surface area contributed by atoms with E-state index in [-0.39, 0.29) is 5.91 Å². The van der Waals surface area contributed by atoms with Crippen LogP contribution in [0.3, 0.4) is 0 Å². The number of hydrogen-bond acceptors (Lipinski definition) is 3. The number of aryl methyl sites for hydroxylation is 1. The van der Waals surface area contributed by atoms with Crippen LogP contribution in [0.25, 0.3) is 0 Å². The largest absolute Gasteiger partial charge is 0.398 e. The number of amides is 1. The fraction of sp³-hybridized carbons (Fsp3) is 0.588. The van der Waals surface area contributed by atoms with Gasteiger partial charge in [0.05, 0.1) is 6.54 Å². The molecule has 0 saturated carbocycles. The van der Waals surface area contributed by atoms with Crippen molar-refractivity contribution in [3.05, 3.63) is 23.3 Å². The van der Waals surface area contributed by atoms with Crippen LogP contribution in [0, 0.1) is 6.92 Å². The lowest BCUT2D eigenvalue weighted by Crippen LogP contribution is -2.40. The molecule has 2 heterocycles. The monoisotopic (exact) mass is 287 g/mol. The fourth-order valence-electron chi connectivity index (χ4n) is 3.39. The van der Waals surface area contributed by atoms with E-state index in [1.165, 1.54) is 18.4 Å². The summed E-state index contributed by atoms with van der Waals surface area (Å²) in [6.07, 6.45) is 5.82. The average molecular weight is 287 g/mol. The molecule has 0 spiro atoms. The predicted octanol–water partition coefficient (Wildman–Crippen LogP) is 2.34. The lowest BCUT2D eigenvalue weighted by Gasteiger charge is -2.25. The first-order valence-electron chi connectivity index (χ1n) is 8.07. The summed E-state index contributed by atoms with van der Waals surface area (Å²) >= 11 is 0. The van der Waals surface area contributed by atoms with Crippen LogP contribution in [0.4, 0.5) is 11.4 Å². The number of anilines is 2. The van der Waals surface area contributed by atoms with Gasteiger partial charge in [0, 0.05) is 31.0 Å². The molecule has 0 unspecified atom stereocenters. The molecular weight excluding hydrogens is 262 g/mol. The molecule has 1 aromatic rings. The molecule has 2 aliphatic heterocycles. The van der Waals surface area contributed by atoms with E-state index in [0.717, 1.165) is 55.8 Å². The van der Waals surface area contributed by atoms with Crippen molar-refractivity contribution in [3.63, 3.8) is 0 Å². The molecule has 1 saturated heterocycles. The van der Waals surface area contributed by atoms with Gasteiger partial charge in [0.15, 0.2) is 0 Å². The topological polar surface area (TPSA) is 49.6 Å². The fourth-order valence-corrected chi connectivity index (χ4v) is 3.39. The Hall–Kier alpha value is -1.71. The molecule has 4 nitrogen and oxygen atoms in total. The molecule has 2 N–H and O–H groups in total. The van der Waals surface area contributed by atoms with Crippen LogP contribution < -0.4 is 10.6 Å². The highest BCUT2D eigenvalue weighted by Gasteiger charge is 2.24. The summed E-state index contributed by atoms with van der Waals surface area (Å²) in [7, 11) is 0. The highest BCUT2D eigenvalue weighted by atomic mass is 16.2. The van der Waals surface area contributed by atoms with E-state index in [2.05, 4.69) is 11.0 Å². The zero-order valence-electron chi connectivity index (χ0n) is 12.9. The van der Waals surface area contributed by atoms with Crippen molar-refractivity contribution in [1.82, 2.24) is 4.90 Å². The number of carbonyl (C=O) groups is 1. The summed E-state index contributed by atoms with van der Waals surface area (Å²) < 4.78 is 0. The summed E-state index contributed by atoms with van der Waals surface area (Å²) in [6.45, 7) is 5.32. The zero-order chi connectivity index (χ0) is 14.8. The number of hydrogen-bond donors (Lipinski definition) is 1. The van der Waals surface area contributed by atoms with Gasteiger partial charge in [0.1, 0.15) is 0 Å². The molecule has 0 aromatic heterocycles. The van der Waals surface area contributed by atoms with Gasteiger partial charge in [-0.1, -0.05) is 18.9 Å². The minimum absolute atomic E-state index is 0.267. The summed E-state index contributed by atoms with van der Waals surface area (Å²) in [5.41, 5.74) is 10.5. The number of rotatable bonds is 2. The van der Waals surface area contributed by atoms with Crippen LogP contribution in [0.1, 0.15) is 36.8 Å². The van der Waals surface area contributed by atoms with Gasteiger partial charge >= 0.3 is 0 Å². The number of nitrogen functional groups attached to an aromatic ring is 1. The SMILES string of the molecule is Cc1cc2c(cc1N)N(CC(=O)N1CCCCCC1)CC2. The maximum absolute atomic E-state index is 12.5. The van der Waals surface area contributed by atoms with E-state index in [0.29, 0.717) is 6.54 Å². The molecule has 0 aliphatic carbocycles. The van der Waals surface area contributed by atoms with E-state index in [1.54, 1.807) is 0 Å². The first-order chi connectivity index (χ1) is 10.1. The molecule has 1 aromatic carbocycles. The minimum Gasteiger partial charge on any atom is -0.398 e. The third-order valence-corrected chi connectivity index (χ3v) is 4.74. The molecule has 3 rings (SSSR count). The van der Waals surface area contributed by atoms with Crippen LogP contribution in [0.15, 0.2) is 12.1 Å². The Balaban J connectivity index is 1.70. The third kappa shape index (κ3) is 2.99. The van der Waals surface area contributed by atoms with Crippen molar-refractivity contribution in [2.24, 2.45) is 0 Å². The molecule has 4 heteroatoms. The first-order valence-corrected chi connectivity index (χ1v) is 8.07. The summed E-state index contributed by atoms with van der Waals surface area (Å²) in [6, 6.07) is 4.20. The molecule has 21 heavy (non-hydrogen) atoms. The maximum Gasteiger partial charge on any atom is 0.242 e. The Labute approximate surface area is 126 Å². The number of nitrogens with zero attached hydrogens (tertiary/aromatic N) is 2. The molecule has 1 fully saturated rings. The number of fused-ring (bicyclic) bond motifs is 1. The number of benzene rings is 1. The second kappa shape index (κ2) is 5.96. The summed E-state index contributed by atoms with van der Waals surface area (Å²) in [5.74, 6) is 0.267. The average Bonchev–Trinajstić information content (AvgIpc) is 2.69. The predicted molar refractivity (Wildman–Crippen MR) is 86.6 cm³/mol. The quantitative estimate of drug-likeness (QED) is 0.849. The van der Waals surface area contributed by atoms with Gasteiger partial charge in [0.25, 0.3) is 0 Å². The van der Waals surface area contributed by atoms with Crippen molar-refractivity contribution in [1.29, 1.82) is 0 Å². The lowest BCUT2D eigenvalue weighted by molar-refractivity contribution is -0.129. The first kappa shape index (κ1) is 14.2. The molecule has 1 amide bonds. The third-order valence-electron chi connectivity index (χ3n) is 4.74. The van der Waals surface area contributed by atoms with Crippen molar-refractivity contribution < 1.29 is 4.79 Å². The Morgan fingerprint density at radius 3 is 2.57 bits per heavy atom. The van der Waals surface area contributed by atoms with Crippen molar-refractivity contribution in [2.45, 2.75) is 39.0 Å². The van der Waals surface area contributed by atoms with E-state index < -0.39 is 0 Å². The van der Waals surface area contributed by atoms with Crippen LogP contribution in [-0.4, -0.2) is 37.0 Å². The highest BCUT2D eigenvalue weighted by molar-refractivity contribution is 5.83. The number of nitrogens with two attached hydrogens (primary N) is 1. The van der Waals surface area contributed by atoms with Gasteiger partial charge in [-0.05, 0) is 43.4 Å². The van der Waals surface area contributed by atoms with Gasteiger partial charge in [-0.25, -0.2) is 0 Å². The van der Waals surface area contributed by atoms with Crippen LogP contribution in [-0.2, 0) is 11.2 Å². The lowest BCUT2D eigenvalue weighted by atomic mass is 10.1. The molecule has 2 aliphatic rings. The molecule has 0 bridgehead atoms. The molecular formula is C17H25N3O. The molecule has 0 atom stereocenters. The van der Waals surface area contributed by atoms with Crippen LogP contribution >= 0.6 is 0 Å². The van der Waals surface area contributed by atoms with Gasteiger partial charge in [-0.2, -0.15) is 0 Å². The Bertz CT molecular complexity index is 533. The van der Waals surface area contributed by atoms with E-state index in [9.17, 15) is 4.79 Å². The second-order valence-electron chi connectivity index (χ2n) is 6.30. The zero-order valence-corrected chi connectivity index (χ0v) is 12.9. The van der Waals surface area contributed by atoms with Crippen LogP contribution in [0.5, 0.6) is 0 Å². The van der Waals surface area contributed by atoms with Gasteiger partial charge < -0.3 is 15.5 Å². The maximum atomic E-state index is 12.5. The smallest absolute Gasteiger partial charge is 0.242 e. The van der Waals surface area contributed by atoms with Gasteiger partial charge in [-0.3, -0.25) is 4.79 Å². The Morgan fingerprint density at radius 1 is 1.14 bits per heavy atom. The van der Waals surface area contributed by atoms with E-state index in [4.69, 9.17) is 5.73 Å². The van der Waals surface area contributed by atoms with Crippen molar-refractivity contribution in [3.8, 4) is 0 Å². The second-order valence-corrected chi connectivity index (χ2v) is 6.30.